The van der Waals surface area contributed by atoms with Gasteiger partial charge in [-0.15, -0.1) is 0 Å². The molecule has 5 nitrogen and oxygen atoms in total. The molecule has 0 aromatic heterocycles. The SMILES string of the molecule is Cc1ccc([N+]2=C(N)NC(N)=NC2(C)CC(C)C)cc1. The molecule has 20 heavy (non-hydrogen) atoms. The van der Waals surface area contributed by atoms with Gasteiger partial charge in [0.05, 0.1) is 0 Å². The van der Waals surface area contributed by atoms with Gasteiger partial charge in [0.1, 0.15) is 5.69 Å². The summed E-state index contributed by atoms with van der Waals surface area (Å²) in [6.07, 6.45) is 0.865. The third kappa shape index (κ3) is 2.76. The zero-order chi connectivity index (χ0) is 14.9. The summed E-state index contributed by atoms with van der Waals surface area (Å²) in [5.41, 5.74) is 13.8. The molecule has 5 heteroatoms. The van der Waals surface area contributed by atoms with Crippen molar-refractivity contribution in [2.75, 3.05) is 0 Å². The number of benzene rings is 1. The molecule has 1 aromatic rings. The Hall–Kier alpha value is -2.04. The fourth-order valence-electron chi connectivity index (χ4n) is 2.81. The van der Waals surface area contributed by atoms with Crippen molar-refractivity contribution >= 4 is 17.6 Å². The minimum absolute atomic E-state index is 0.369. The number of guanidine groups is 2. The smallest absolute Gasteiger partial charge is 0.357 e. The first kappa shape index (κ1) is 14.4. The summed E-state index contributed by atoms with van der Waals surface area (Å²) >= 11 is 0. The van der Waals surface area contributed by atoms with E-state index in [-0.39, 0.29) is 0 Å². The highest BCUT2D eigenvalue weighted by Gasteiger charge is 2.39. The predicted octanol–water partition coefficient (Wildman–Crippen LogP) is 1.63. The van der Waals surface area contributed by atoms with Gasteiger partial charge in [0.25, 0.3) is 5.96 Å². The normalized spacial score (nSPS) is 22.8. The highest BCUT2D eigenvalue weighted by molar-refractivity contribution is 5.96. The second kappa shape index (κ2) is 5.15. The molecule has 108 valence electrons. The van der Waals surface area contributed by atoms with Crippen molar-refractivity contribution in [1.29, 1.82) is 0 Å². The minimum atomic E-state index is -0.469. The van der Waals surface area contributed by atoms with Crippen molar-refractivity contribution in [3.05, 3.63) is 29.8 Å². The summed E-state index contributed by atoms with van der Waals surface area (Å²) in [5.74, 6) is 1.37. The first-order chi connectivity index (χ1) is 9.32. The molecule has 1 unspecified atom stereocenters. The van der Waals surface area contributed by atoms with Crippen LogP contribution in [0.5, 0.6) is 0 Å². The molecule has 5 N–H and O–H groups in total. The number of nitrogens with two attached hydrogens (primary N) is 2. The number of aliphatic imine (C=N–C) groups is 1. The van der Waals surface area contributed by atoms with Crippen LogP contribution in [0, 0.1) is 12.8 Å². The van der Waals surface area contributed by atoms with Crippen molar-refractivity contribution in [1.82, 2.24) is 5.32 Å². The molecule has 0 saturated carbocycles. The quantitative estimate of drug-likeness (QED) is 0.733. The van der Waals surface area contributed by atoms with Crippen LogP contribution in [0.3, 0.4) is 0 Å². The average molecular weight is 274 g/mol. The first-order valence-electron chi connectivity index (χ1n) is 6.93. The lowest BCUT2D eigenvalue weighted by Crippen LogP contribution is -2.57. The molecule has 0 saturated heterocycles. The Morgan fingerprint density at radius 3 is 2.40 bits per heavy atom. The van der Waals surface area contributed by atoms with Gasteiger partial charge in [-0.2, -0.15) is 4.99 Å². The third-order valence-electron chi connectivity index (χ3n) is 3.43. The summed E-state index contributed by atoms with van der Waals surface area (Å²) in [7, 11) is 0. The molecular formula is C15H24N5+. The van der Waals surface area contributed by atoms with E-state index in [0.717, 1.165) is 12.1 Å². The summed E-state index contributed by atoms with van der Waals surface area (Å²) in [6.45, 7) is 8.47. The minimum Gasteiger partial charge on any atom is -0.357 e. The fourth-order valence-corrected chi connectivity index (χ4v) is 2.81. The summed E-state index contributed by atoms with van der Waals surface area (Å²) < 4.78 is 2.02. The van der Waals surface area contributed by atoms with Crippen LogP contribution in [0.4, 0.5) is 5.69 Å². The zero-order valence-corrected chi connectivity index (χ0v) is 12.6. The molecule has 2 rings (SSSR count). The second-order valence-electron chi connectivity index (χ2n) is 5.99. The summed E-state index contributed by atoms with van der Waals surface area (Å²) in [5, 5.41) is 2.92. The van der Waals surface area contributed by atoms with Gasteiger partial charge >= 0.3 is 5.96 Å². The maximum Gasteiger partial charge on any atom is 0.357 e. The van der Waals surface area contributed by atoms with Gasteiger partial charge < -0.3 is 5.73 Å². The molecular weight excluding hydrogens is 250 g/mol. The van der Waals surface area contributed by atoms with Crippen LogP contribution in [-0.2, 0) is 0 Å². The lowest BCUT2D eigenvalue weighted by atomic mass is 9.97. The molecule has 1 aromatic carbocycles. The molecule has 0 spiro atoms. The number of nitrogens with zero attached hydrogens (tertiary/aromatic N) is 2. The van der Waals surface area contributed by atoms with Crippen molar-refractivity contribution in [2.24, 2.45) is 22.4 Å². The van der Waals surface area contributed by atoms with Gasteiger partial charge in [0.2, 0.25) is 0 Å². The van der Waals surface area contributed by atoms with Crippen molar-refractivity contribution in [3.8, 4) is 0 Å². The molecule has 0 bridgehead atoms. The van der Waals surface area contributed by atoms with Crippen molar-refractivity contribution < 1.29 is 4.58 Å². The molecule has 1 atom stereocenters. The van der Waals surface area contributed by atoms with Crippen LogP contribution < -0.4 is 16.8 Å². The number of aryl methyl sites for hydroxylation is 1. The van der Waals surface area contributed by atoms with Crippen LogP contribution in [0.2, 0.25) is 0 Å². The molecule has 0 fully saturated rings. The summed E-state index contributed by atoms with van der Waals surface area (Å²) in [6, 6.07) is 8.25. The van der Waals surface area contributed by atoms with Crippen molar-refractivity contribution in [2.45, 2.75) is 39.8 Å². The topological polar surface area (TPSA) is 79.4 Å². The number of nitrogens with one attached hydrogen (secondary N) is 1. The Bertz CT molecular complexity index is 556. The van der Waals surface area contributed by atoms with Crippen LogP contribution in [-0.4, -0.2) is 22.2 Å². The van der Waals surface area contributed by atoms with Gasteiger partial charge in [-0.25, -0.2) is 9.89 Å². The van der Waals surface area contributed by atoms with Gasteiger partial charge in [-0.3, -0.25) is 5.73 Å². The Balaban J connectivity index is 2.51. The van der Waals surface area contributed by atoms with Crippen LogP contribution >= 0.6 is 0 Å². The Labute approximate surface area is 120 Å². The largest absolute Gasteiger partial charge is 0.357 e. The van der Waals surface area contributed by atoms with E-state index in [1.165, 1.54) is 5.56 Å². The van der Waals surface area contributed by atoms with E-state index < -0.39 is 5.66 Å². The lowest BCUT2D eigenvalue weighted by molar-refractivity contribution is -0.535. The Morgan fingerprint density at radius 2 is 1.85 bits per heavy atom. The lowest BCUT2D eigenvalue weighted by Gasteiger charge is -2.33. The van der Waals surface area contributed by atoms with E-state index in [2.05, 4.69) is 62.3 Å². The van der Waals surface area contributed by atoms with E-state index in [9.17, 15) is 0 Å². The van der Waals surface area contributed by atoms with Gasteiger partial charge in [-0.05, 0) is 31.9 Å². The zero-order valence-electron chi connectivity index (χ0n) is 12.6. The maximum absolute atomic E-state index is 6.16. The Morgan fingerprint density at radius 1 is 1.25 bits per heavy atom. The average Bonchev–Trinajstić information content (AvgIpc) is 2.28. The molecule has 1 heterocycles. The molecule has 1 aliphatic rings. The van der Waals surface area contributed by atoms with Crippen LogP contribution in [0.15, 0.2) is 29.3 Å². The Kier molecular flexibility index (Phi) is 3.70. The van der Waals surface area contributed by atoms with Crippen LogP contribution in [0.1, 0.15) is 32.8 Å². The number of rotatable bonds is 3. The highest BCUT2D eigenvalue weighted by atomic mass is 15.4. The molecule has 0 amide bonds. The number of hydrogen-bond donors (Lipinski definition) is 3. The highest BCUT2D eigenvalue weighted by Crippen LogP contribution is 2.30. The van der Waals surface area contributed by atoms with Gasteiger partial charge in [0, 0.05) is 6.42 Å². The summed E-state index contributed by atoms with van der Waals surface area (Å²) in [4.78, 5) is 4.59. The standard InChI is InChI=1S/C15H23N5/c1-10(2)9-15(4)19-13(16)18-14(17)20(15)12-7-5-11(3)6-8-12/h5-8,10H,9H2,1-4H3,(H4,16,17,18,19)/p+1. The third-order valence-corrected chi connectivity index (χ3v) is 3.43. The number of hydrogen-bond acceptors (Lipinski definition) is 4. The van der Waals surface area contributed by atoms with E-state index in [0.29, 0.717) is 17.8 Å². The molecule has 0 aliphatic carbocycles. The van der Waals surface area contributed by atoms with E-state index >= 15 is 0 Å². The van der Waals surface area contributed by atoms with Crippen LogP contribution in [0.25, 0.3) is 0 Å². The second-order valence-corrected chi connectivity index (χ2v) is 5.99. The maximum atomic E-state index is 6.16. The first-order valence-corrected chi connectivity index (χ1v) is 6.93. The van der Waals surface area contributed by atoms with Gasteiger partial charge in [-0.1, -0.05) is 31.5 Å². The fraction of sp³-hybridized carbons (Fsp3) is 0.467. The monoisotopic (exact) mass is 274 g/mol. The molecule has 0 radical (unpaired) electrons. The van der Waals surface area contributed by atoms with E-state index in [1.807, 2.05) is 4.58 Å². The predicted molar refractivity (Wildman–Crippen MR) is 82.9 cm³/mol. The van der Waals surface area contributed by atoms with Gasteiger partial charge in [0.15, 0.2) is 5.66 Å². The van der Waals surface area contributed by atoms with E-state index in [1.54, 1.807) is 0 Å². The van der Waals surface area contributed by atoms with Crippen molar-refractivity contribution in [3.63, 3.8) is 0 Å². The van der Waals surface area contributed by atoms with E-state index in [4.69, 9.17) is 11.5 Å². The molecule has 1 aliphatic heterocycles.